The van der Waals surface area contributed by atoms with Gasteiger partial charge in [-0.15, -0.1) is 0 Å². The number of carbonyl (C=O) groups is 1. The van der Waals surface area contributed by atoms with E-state index < -0.39 is 10.0 Å². The zero-order chi connectivity index (χ0) is 20.9. The number of nitrogens with zero attached hydrogens (tertiary/aromatic N) is 1. The average Bonchev–Trinajstić information content (AvgIpc) is 3.16. The second-order valence-electron chi connectivity index (χ2n) is 6.38. The van der Waals surface area contributed by atoms with Gasteiger partial charge in [0.15, 0.2) is 5.76 Å². The third-order valence-corrected chi connectivity index (χ3v) is 5.17. The zero-order valence-electron chi connectivity index (χ0n) is 15.8. The molecule has 0 unspecified atom stereocenters. The molecule has 3 rings (SSSR count). The minimum Gasteiger partial charge on any atom is -0.497 e. The lowest BCUT2D eigenvalue weighted by molar-refractivity contribution is -0.120. The Morgan fingerprint density at radius 2 is 1.93 bits per heavy atom. The minimum absolute atomic E-state index is 0.0585. The van der Waals surface area contributed by atoms with Gasteiger partial charge in [-0.05, 0) is 36.2 Å². The highest BCUT2D eigenvalue weighted by Crippen LogP contribution is 2.24. The number of nitrogens with two attached hydrogens (primary N) is 1. The molecule has 0 saturated carbocycles. The van der Waals surface area contributed by atoms with Crippen LogP contribution in [0.15, 0.2) is 64.0 Å². The first-order valence-electron chi connectivity index (χ1n) is 8.83. The largest absolute Gasteiger partial charge is 0.497 e. The summed E-state index contributed by atoms with van der Waals surface area (Å²) in [7, 11) is -2.12. The maximum atomic E-state index is 12.1. The molecule has 3 N–H and O–H groups in total. The molecule has 0 aliphatic carbocycles. The Hall–Kier alpha value is -3.17. The molecular weight excluding hydrogens is 394 g/mol. The molecule has 0 atom stereocenters. The molecule has 9 heteroatoms. The molecule has 0 fully saturated rings. The highest BCUT2D eigenvalue weighted by atomic mass is 32.2. The predicted octanol–water partition coefficient (Wildman–Crippen LogP) is 1.90. The van der Waals surface area contributed by atoms with Crippen molar-refractivity contribution < 1.29 is 22.5 Å². The van der Waals surface area contributed by atoms with Crippen LogP contribution in [0.5, 0.6) is 5.75 Å². The van der Waals surface area contributed by atoms with Gasteiger partial charge in [0.2, 0.25) is 15.9 Å². The molecule has 0 aliphatic rings. The summed E-state index contributed by atoms with van der Waals surface area (Å²) in [6, 6.07) is 15.3. The molecule has 152 valence electrons. The molecule has 8 nitrogen and oxygen atoms in total. The summed E-state index contributed by atoms with van der Waals surface area (Å²) < 4.78 is 33.0. The summed E-state index contributed by atoms with van der Waals surface area (Å²) in [5.74, 6) is 1.08. The number of sulfonamides is 1. The number of nitrogens with one attached hydrogen (secondary N) is 1. The lowest BCUT2D eigenvalue weighted by Gasteiger charge is -2.05. The molecule has 2 aromatic carbocycles. The Bertz CT molecular complexity index is 1090. The van der Waals surface area contributed by atoms with E-state index in [1.165, 1.54) is 12.1 Å². The Balaban J connectivity index is 1.50. The van der Waals surface area contributed by atoms with Gasteiger partial charge in [-0.2, -0.15) is 0 Å². The average molecular weight is 415 g/mol. The van der Waals surface area contributed by atoms with Crippen molar-refractivity contribution in [2.75, 3.05) is 13.7 Å². The van der Waals surface area contributed by atoms with Crippen LogP contribution in [0.1, 0.15) is 11.3 Å². The number of rotatable bonds is 8. The second kappa shape index (κ2) is 8.89. The van der Waals surface area contributed by atoms with Gasteiger partial charge in [-0.3, -0.25) is 4.79 Å². The number of benzene rings is 2. The van der Waals surface area contributed by atoms with Crippen LogP contribution in [0.25, 0.3) is 11.3 Å². The topological polar surface area (TPSA) is 125 Å². The monoisotopic (exact) mass is 415 g/mol. The highest BCUT2D eigenvalue weighted by molar-refractivity contribution is 7.89. The van der Waals surface area contributed by atoms with Crippen LogP contribution < -0.4 is 15.2 Å². The van der Waals surface area contributed by atoms with Gasteiger partial charge in [0.1, 0.15) is 5.75 Å². The van der Waals surface area contributed by atoms with Crippen molar-refractivity contribution in [3.8, 4) is 17.1 Å². The van der Waals surface area contributed by atoms with Crippen molar-refractivity contribution in [3.63, 3.8) is 0 Å². The summed E-state index contributed by atoms with van der Waals surface area (Å²) in [5.41, 5.74) is 2.23. The first kappa shape index (κ1) is 20.6. The molecule has 29 heavy (non-hydrogen) atoms. The predicted molar refractivity (Wildman–Crippen MR) is 107 cm³/mol. The maximum Gasteiger partial charge on any atom is 0.238 e. The van der Waals surface area contributed by atoms with E-state index >= 15 is 0 Å². The van der Waals surface area contributed by atoms with Gasteiger partial charge in [-0.25, -0.2) is 13.6 Å². The number of carbonyl (C=O) groups excluding carboxylic acids is 1. The summed E-state index contributed by atoms with van der Waals surface area (Å²) in [6.07, 6.45) is 0.655. The van der Waals surface area contributed by atoms with Crippen molar-refractivity contribution in [2.24, 2.45) is 5.14 Å². The van der Waals surface area contributed by atoms with E-state index in [9.17, 15) is 13.2 Å². The normalized spacial score (nSPS) is 11.2. The number of hydrogen-bond acceptors (Lipinski definition) is 6. The molecular formula is C20H21N3O5S. The van der Waals surface area contributed by atoms with E-state index in [1.54, 1.807) is 25.3 Å². The van der Waals surface area contributed by atoms with Crippen LogP contribution in [0.2, 0.25) is 0 Å². The van der Waals surface area contributed by atoms with E-state index in [0.717, 1.165) is 11.1 Å². The molecule has 1 heterocycles. The Morgan fingerprint density at radius 3 is 2.62 bits per heavy atom. The van der Waals surface area contributed by atoms with Gasteiger partial charge in [0.05, 0.1) is 24.1 Å². The van der Waals surface area contributed by atoms with Crippen molar-refractivity contribution >= 4 is 15.9 Å². The molecule has 0 spiro atoms. The van der Waals surface area contributed by atoms with Crippen molar-refractivity contribution in [1.29, 1.82) is 0 Å². The van der Waals surface area contributed by atoms with Gasteiger partial charge in [-0.1, -0.05) is 29.4 Å². The number of primary sulfonamides is 1. The third kappa shape index (κ3) is 5.66. The van der Waals surface area contributed by atoms with Gasteiger partial charge >= 0.3 is 0 Å². The van der Waals surface area contributed by atoms with Crippen LogP contribution in [-0.2, 0) is 27.7 Å². The number of hydrogen-bond donors (Lipinski definition) is 2. The van der Waals surface area contributed by atoms with Crippen LogP contribution in [-0.4, -0.2) is 33.1 Å². The van der Waals surface area contributed by atoms with Crippen molar-refractivity contribution in [1.82, 2.24) is 10.5 Å². The number of amides is 1. The fourth-order valence-electron chi connectivity index (χ4n) is 2.73. The van der Waals surface area contributed by atoms with Gasteiger partial charge in [0, 0.05) is 18.2 Å². The van der Waals surface area contributed by atoms with E-state index in [4.69, 9.17) is 14.4 Å². The first-order valence-corrected chi connectivity index (χ1v) is 10.4. The molecule has 0 aliphatic heterocycles. The van der Waals surface area contributed by atoms with E-state index in [1.807, 2.05) is 24.3 Å². The van der Waals surface area contributed by atoms with Crippen LogP contribution in [0.3, 0.4) is 0 Å². The highest BCUT2D eigenvalue weighted by Gasteiger charge is 2.11. The van der Waals surface area contributed by atoms with E-state index in [-0.39, 0.29) is 17.2 Å². The smallest absolute Gasteiger partial charge is 0.238 e. The lowest BCUT2D eigenvalue weighted by Crippen LogP contribution is -2.27. The molecule has 0 radical (unpaired) electrons. The summed E-state index contributed by atoms with van der Waals surface area (Å²) in [5, 5.41) is 11.8. The molecule has 1 aromatic heterocycles. The summed E-state index contributed by atoms with van der Waals surface area (Å²) in [4.78, 5) is 12.2. The SMILES string of the molecule is COc1cccc(-c2cc(CC(=O)NCCc3ccc(S(N)(=O)=O)cc3)no2)c1. The van der Waals surface area contributed by atoms with Crippen LogP contribution >= 0.6 is 0 Å². The quantitative estimate of drug-likeness (QED) is 0.579. The fourth-order valence-corrected chi connectivity index (χ4v) is 3.24. The number of ether oxygens (including phenoxy) is 1. The lowest BCUT2D eigenvalue weighted by atomic mass is 10.1. The summed E-state index contributed by atoms with van der Waals surface area (Å²) in [6.45, 7) is 0.411. The minimum atomic E-state index is -3.70. The molecule has 0 bridgehead atoms. The maximum absolute atomic E-state index is 12.1. The van der Waals surface area contributed by atoms with E-state index in [0.29, 0.717) is 30.2 Å². The third-order valence-electron chi connectivity index (χ3n) is 4.24. The van der Waals surface area contributed by atoms with Crippen molar-refractivity contribution in [3.05, 3.63) is 65.9 Å². The van der Waals surface area contributed by atoms with Gasteiger partial charge in [0.25, 0.3) is 0 Å². The Labute approximate surface area is 168 Å². The number of methoxy groups -OCH3 is 1. The summed E-state index contributed by atoms with van der Waals surface area (Å²) >= 11 is 0. The van der Waals surface area contributed by atoms with Crippen LogP contribution in [0, 0.1) is 0 Å². The van der Waals surface area contributed by atoms with Gasteiger partial charge < -0.3 is 14.6 Å². The van der Waals surface area contributed by atoms with E-state index in [2.05, 4.69) is 10.5 Å². The number of aromatic nitrogens is 1. The Kier molecular flexibility index (Phi) is 6.30. The first-order chi connectivity index (χ1) is 13.8. The zero-order valence-corrected chi connectivity index (χ0v) is 16.6. The van der Waals surface area contributed by atoms with Crippen LogP contribution in [0.4, 0.5) is 0 Å². The Morgan fingerprint density at radius 1 is 1.17 bits per heavy atom. The molecule has 0 saturated heterocycles. The standard InChI is InChI=1S/C20H21N3O5S/c1-27-17-4-2-3-15(11-17)19-12-16(23-28-19)13-20(24)22-10-9-14-5-7-18(8-6-14)29(21,25)26/h2-8,11-12H,9-10,13H2,1H3,(H,22,24)(H2,21,25,26). The second-order valence-corrected chi connectivity index (χ2v) is 7.94. The fraction of sp³-hybridized carbons (Fsp3) is 0.200. The van der Waals surface area contributed by atoms with Crippen molar-refractivity contribution in [2.45, 2.75) is 17.7 Å². The molecule has 1 amide bonds. The molecule has 3 aromatic rings.